The highest BCUT2D eigenvalue weighted by molar-refractivity contribution is 5.88. The Bertz CT molecular complexity index is 656. The molecule has 0 saturated heterocycles. The quantitative estimate of drug-likeness (QED) is 0.739. The van der Waals surface area contributed by atoms with Gasteiger partial charge in [-0.3, -0.25) is 0 Å². The summed E-state index contributed by atoms with van der Waals surface area (Å²) in [4.78, 5) is 11.5. The van der Waals surface area contributed by atoms with Crippen LogP contribution >= 0.6 is 0 Å². The maximum atomic E-state index is 11.5. The van der Waals surface area contributed by atoms with E-state index in [1.807, 2.05) is 0 Å². The zero-order valence-corrected chi connectivity index (χ0v) is 12.3. The number of methoxy groups -OCH3 is 2. The Hall–Kier alpha value is -2.45. The lowest BCUT2D eigenvalue weighted by molar-refractivity contribution is 0.0589. The molecule has 0 unspecified atom stereocenters. The molecule has 0 aliphatic carbocycles. The van der Waals surface area contributed by atoms with Crippen LogP contribution in [0.25, 0.3) is 0 Å². The van der Waals surface area contributed by atoms with Crippen LogP contribution in [0.15, 0.2) is 24.3 Å². The second kappa shape index (κ2) is 7.01. The molecule has 1 aromatic heterocycles. The van der Waals surface area contributed by atoms with Crippen LogP contribution in [0.1, 0.15) is 27.8 Å². The van der Waals surface area contributed by atoms with Gasteiger partial charge in [-0.05, 0) is 17.7 Å². The molecule has 2 rings (SSSR count). The summed E-state index contributed by atoms with van der Waals surface area (Å²) in [7, 11) is 2.75. The number of hydrogen-bond donors (Lipinski definition) is 2. The minimum absolute atomic E-state index is 0.0348. The number of aliphatic hydroxyl groups excluding tert-OH is 2. The molecule has 118 valence electrons. The van der Waals surface area contributed by atoms with E-state index >= 15 is 0 Å². The van der Waals surface area contributed by atoms with Gasteiger partial charge in [0.25, 0.3) is 0 Å². The smallest absolute Gasteiger partial charge is 0.360 e. The summed E-state index contributed by atoms with van der Waals surface area (Å²) in [5.74, 6) is -0.0704. The molecule has 1 aromatic carbocycles. The zero-order valence-electron chi connectivity index (χ0n) is 12.3. The van der Waals surface area contributed by atoms with Crippen molar-refractivity contribution < 1.29 is 24.5 Å². The van der Waals surface area contributed by atoms with Gasteiger partial charge in [0, 0.05) is 0 Å². The summed E-state index contributed by atoms with van der Waals surface area (Å²) in [5.41, 5.74) is 0.745. The molecule has 0 spiro atoms. The van der Waals surface area contributed by atoms with Gasteiger partial charge in [-0.25, -0.2) is 9.48 Å². The maximum Gasteiger partial charge on any atom is 0.360 e. The second-order valence-electron chi connectivity index (χ2n) is 4.51. The van der Waals surface area contributed by atoms with Crippen molar-refractivity contribution in [2.24, 2.45) is 0 Å². The lowest BCUT2D eigenvalue weighted by Gasteiger charge is -2.13. The lowest BCUT2D eigenvalue weighted by atomic mass is 10.1. The zero-order chi connectivity index (χ0) is 16.1. The number of carbonyl (C=O) groups is 1. The normalized spacial score (nSPS) is 12.0. The molecule has 8 nitrogen and oxygen atoms in total. The number of aliphatic hydroxyl groups is 2. The van der Waals surface area contributed by atoms with Crippen LogP contribution < -0.4 is 4.74 Å². The molecule has 0 radical (unpaired) electrons. The predicted octanol–water partition coefficient (Wildman–Crippen LogP) is 0.299. The predicted molar refractivity (Wildman–Crippen MR) is 75.2 cm³/mol. The third-order valence-corrected chi connectivity index (χ3v) is 3.19. The van der Waals surface area contributed by atoms with E-state index in [1.165, 1.54) is 18.9 Å². The van der Waals surface area contributed by atoms with Gasteiger partial charge in [0.1, 0.15) is 5.75 Å². The van der Waals surface area contributed by atoms with E-state index in [1.54, 1.807) is 24.3 Å². The van der Waals surface area contributed by atoms with Gasteiger partial charge in [-0.1, -0.05) is 17.3 Å². The van der Waals surface area contributed by atoms with Crippen LogP contribution in [-0.4, -0.2) is 45.4 Å². The molecule has 1 atom stereocenters. The van der Waals surface area contributed by atoms with Crippen molar-refractivity contribution in [1.82, 2.24) is 15.0 Å². The van der Waals surface area contributed by atoms with Crippen LogP contribution in [-0.2, 0) is 17.9 Å². The molecular weight excluding hydrogens is 290 g/mol. The number of aromatic nitrogens is 3. The van der Waals surface area contributed by atoms with Crippen molar-refractivity contribution in [1.29, 1.82) is 0 Å². The SMILES string of the molecule is COC(=O)c1nnn(C[C@H](O)c2cccc(OC)c2)c1CO. The van der Waals surface area contributed by atoms with Gasteiger partial charge in [0.2, 0.25) is 0 Å². The van der Waals surface area contributed by atoms with Gasteiger partial charge in [-0.2, -0.15) is 0 Å². The molecule has 22 heavy (non-hydrogen) atoms. The molecule has 0 fully saturated rings. The number of esters is 1. The van der Waals surface area contributed by atoms with E-state index in [0.717, 1.165) is 0 Å². The fraction of sp³-hybridized carbons (Fsp3) is 0.357. The summed E-state index contributed by atoms with van der Waals surface area (Å²) in [6.45, 7) is -0.407. The fourth-order valence-electron chi connectivity index (χ4n) is 2.01. The molecule has 0 aliphatic heterocycles. The van der Waals surface area contributed by atoms with E-state index in [0.29, 0.717) is 11.3 Å². The van der Waals surface area contributed by atoms with Gasteiger partial charge in [0.15, 0.2) is 5.69 Å². The molecule has 0 bridgehead atoms. The fourth-order valence-corrected chi connectivity index (χ4v) is 2.01. The highest BCUT2D eigenvalue weighted by Gasteiger charge is 2.21. The Kier molecular flexibility index (Phi) is 5.08. The van der Waals surface area contributed by atoms with E-state index in [2.05, 4.69) is 15.0 Å². The van der Waals surface area contributed by atoms with Crippen molar-refractivity contribution in [2.45, 2.75) is 19.3 Å². The maximum absolute atomic E-state index is 11.5. The van der Waals surface area contributed by atoms with Crippen LogP contribution in [0.3, 0.4) is 0 Å². The van der Waals surface area contributed by atoms with Gasteiger partial charge in [0.05, 0.1) is 39.2 Å². The number of carbonyl (C=O) groups excluding carboxylic acids is 1. The van der Waals surface area contributed by atoms with Crippen molar-refractivity contribution >= 4 is 5.97 Å². The molecule has 0 saturated carbocycles. The Balaban J connectivity index is 2.22. The average molecular weight is 307 g/mol. The highest BCUT2D eigenvalue weighted by Crippen LogP contribution is 2.21. The lowest BCUT2D eigenvalue weighted by Crippen LogP contribution is -2.14. The molecule has 2 aromatic rings. The summed E-state index contributed by atoms with van der Waals surface area (Å²) in [5, 5.41) is 27.1. The molecule has 1 heterocycles. The number of nitrogens with zero attached hydrogens (tertiary/aromatic N) is 3. The first-order valence-corrected chi connectivity index (χ1v) is 6.54. The Morgan fingerprint density at radius 2 is 2.18 bits per heavy atom. The Morgan fingerprint density at radius 1 is 1.41 bits per heavy atom. The Labute approximate surface area is 126 Å². The first-order chi connectivity index (χ1) is 10.6. The molecule has 8 heteroatoms. The summed E-state index contributed by atoms with van der Waals surface area (Å²) in [6.07, 6.45) is -0.896. The van der Waals surface area contributed by atoms with Gasteiger partial charge >= 0.3 is 5.97 Å². The van der Waals surface area contributed by atoms with Crippen molar-refractivity contribution in [3.05, 3.63) is 41.2 Å². The summed E-state index contributed by atoms with van der Waals surface area (Å²) in [6, 6.07) is 6.96. The Morgan fingerprint density at radius 3 is 2.82 bits per heavy atom. The van der Waals surface area contributed by atoms with Crippen molar-refractivity contribution in [3.8, 4) is 5.75 Å². The summed E-state index contributed by atoms with van der Waals surface area (Å²) < 4.78 is 10.9. The first kappa shape index (κ1) is 15.9. The van der Waals surface area contributed by atoms with E-state index in [9.17, 15) is 15.0 Å². The first-order valence-electron chi connectivity index (χ1n) is 6.54. The highest BCUT2D eigenvalue weighted by atomic mass is 16.5. The van der Waals surface area contributed by atoms with Crippen LogP contribution in [0.5, 0.6) is 5.75 Å². The minimum atomic E-state index is -0.896. The average Bonchev–Trinajstić information content (AvgIpc) is 2.96. The summed E-state index contributed by atoms with van der Waals surface area (Å²) >= 11 is 0. The van der Waals surface area contributed by atoms with Crippen LogP contribution in [0.4, 0.5) is 0 Å². The molecule has 0 aliphatic rings. The van der Waals surface area contributed by atoms with Crippen LogP contribution in [0, 0.1) is 0 Å². The molecule has 0 amide bonds. The van der Waals surface area contributed by atoms with Gasteiger partial charge in [-0.15, -0.1) is 5.10 Å². The molecular formula is C14H17N3O5. The number of rotatable bonds is 6. The van der Waals surface area contributed by atoms with E-state index in [-0.39, 0.29) is 17.9 Å². The number of benzene rings is 1. The number of hydrogen-bond acceptors (Lipinski definition) is 7. The number of ether oxygens (including phenoxy) is 2. The molecule has 2 N–H and O–H groups in total. The van der Waals surface area contributed by atoms with Crippen molar-refractivity contribution in [2.75, 3.05) is 14.2 Å². The van der Waals surface area contributed by atoms with Crippen LogP contribution in [0.2, 0.25) is 0 Å². The second-order valence-corrected chi connectivity index (χ2v) is 4.51. The standard InChI is InChI=1S/C14H17N3O5/c1-21-10-5-3-4-9(6-10)12(19)7-17-11(8-18)13(15-16-17)14(20)22-2/h3-6,12,18-19H,7-8H2,1-2H3/t12-/m0/s1. The minimum Gasteiger partial charge on any atom is -0.497 e. The van der Waals surface area contributed by atoms with Gasteiger partial charge < -0.3 is 19.7 Å². The monoisotopic (exact) mass is 307 g/mol. The van der Waals surface area contributed by atoms with E-state index in [4.69, 9.17) is 4.74 Å². The third-order valence-electron chi connectivity index (χ3n) is 3.19. The topological polar surface area (TPSA) is 107 Å². The third kappa shape index (κ3) is 3.23. The largest absolute Gasteiger partial charge is 0.497 e. The van der Waals surface area contributed by atoms with E-state index < -0.39 is 18.7 Å². The van der Waals surface area contributed by atoms with Crippen molar-refractivity contribution in [3.63, 3.8) is 0 Å².